The van der Waals surface area contributed by atoms with Crippen LogP contribution in [0.3, 0.4) is 0 Å². The Morgan fingerprint density at radius 3 is 2.33 bits per heavy atom. The van der Waals surface area contributed by atoms with Crippen LogP contribution in [0, 0.1) is 5.92 Å². The SMILES string of the molecule is CC(=O)OCC1O[C@@H](Oc2cc3c(c4ccccc24)[C@H](CCl)CN3)[C@H](OC(C)=O)[C@@H](OC(C)=O)[C@H]1C. The van der Waals surface area contributed by atoms with E-state index in [0.717, 1.165) is 22.0 Å². The van der Waals surface area contributed by atoms with Gasteiger partial charge in [-0.05, 0) is 10.9 Å². The molecule has 0 spiro atoms. The van der Waals surface area contributed by atoms with Gasteiger partial charge in [0.05, 0.1) is 0 Å². The Labute approximate surface area is 214 Å². The molecule has 2 aromatic rings. The van der Waals surface area contributed by atoms with Gasteiger partial charge in [0.25, 0.3) is 0 Å². The third kappa shape index (κ3) is 5.37. The van der Waals surface area contributed by atoms with E-state index in [-0.39, 0.29) is 12.5 Å². The van der Waals surface area contributed by atoms with E-state index in [1.165, 1.54) is 20.8 Å². The van der Waals surface area contributed by atoms with Gasteiger partial charge in [-0.2, -0.15) is 0 Å². The van der Waals surface area contributed by atoms with Gasteiger partial charge >= 0.3 is 17.9 Å². The maximum atomic E-state index is 12.0. The van der Waals surface area contributed by atoms with Crippen molar-refractivity contribution in [1.29, 1.82) is 0 Å². The fourth-order valence-electron chi connectivity index (χ4n) is 4.85. The molecule has 10 heteroatoms. The van der Waals surface area contributed by atoms with Crippen LogP contribution in [0.15, 0.2) is 30.3 Å². The number of rotatable bonds is 7. The molecule has 0 bridgehead atoms. The van der Waals surface area contributed by atoms with Gasteiger partial charge in [-0.3, -0.25) is 14.4 Å². The zero-order valence-electron chi connectivity index (χ0n) is 20.6. The second-order valence-corrected chi connectivity index (χ2v) is 9.39. The maximum Gasteiger partial charge on any atom is 0.303 e. The second kappa shape index (κ2) is 10.9. The number of nitrogens with one attached hydrogen (secondary N) is 1. The fourth-order valence-corrected chi connectivity index (χ4v) is 5.11. The van der Waals surface area contributed by atoms with Crippen molar-refractivity contribution in [3.05, 3.63) is 35.9 Å². The smallest absolute Gasteiger partial charge is 0.303 e. The molecular formula is C26H30ClNO8. The van der Waals surface area contributed by atoms with Crippen LogP contribution >= 0.6 is 11.6 Å². The summed E-state index contributed by atoms with van der Waals surface area (Å²) in [6, 6.07) is 9.66. The molecule has 0 saturated carbocycles. The first kappa shape index (κ1) is 26.0. The van der Waals surface area contributed by atoms with Crippen LogP contribution in [-0.4, -0.2) is 61.5 Å². The van der Waals surface area contributed by atoms with E-state index in [0.29, 0.717) is 18.2 Å². The monoisotopic (exact) mass is 519 g/mol. The van der Waals surface area contributed by atoms with Crippen LogP contribution in [-0.2, 0) is 33.3 Å². The molecule has 0 radical (unpaired) electrons. The number of fused-ring (bicyclic) bond motifs is 3. The number of hydrogen-bond acceptors (Lipinski definition) is 9. The quantitative estimate of drug-likeness (QED) is 0.332. The molecule has 1 unspecified atom stereocenters. The Kier molecular flexibility index (Phi) is 7.90. The molecule has 1 saturated heterocycles. The summed E-state index contributed by atoms with van der Waals surface area (Å²) >= 11 is 6.22. The molecular weight excluding hydrogens is 490 g/mol. The maximum absolute atomic E-state index is 12.0. The minimum Gasteiger partial charge on any atom is -0.463 e. The van der Waals surface area contributed by atoms with E-state index >= 15 is 0 Å². The number of benzene rings is 2. The van der Waals surface area contributed by atoms with Crippen LogP contribution < -0.4 is 10.1 Å². The third-order valence-electron chi connectivity index (χ3n) is 6.49. The van der Waals surface area contributed by atoms with Crippen LogP contribution in [0.25, 0.3) is 10.8 Å². The average molecular weight is 520 g/mol. The van der Waals surface area contributed by atoms with E-state index in [1.807, 2.05) is 30.3 Å². The van der Waals surface area contributed by atoms with Crippen molar-refractivity contribution in [2.45, 2.75) is 58.2 Å². The topological polar surface area (TPSA) is 109 Å². The normalized spacial score (nSPS) is 27.0. The molecule has 0 aliphatic carbocycles. The van der Waals surface area contributed by atoms with Gasteiger partial charge in [0.1, 0.15) is 24.6 Å². The molecule has 0 amide bonds. The highest BCUT2D eigenvalue weighted by atomic mass is 35.5. The Balaban J connectivity index is 1.74. The summed E-state index contributed by atoms with van der Waals surface area (Å²) in [7, 11) is 0. The summed E-state index contributed by atoms with van der Waals surface area (Å²) in [5.41, 5.74) is 2.02. The number of hydrogen-bond donors (Lipinski definition) is 1. The highest BCUT2D eigenvalue weighted by Gasteiger charge is 2.49. The minimum absolute atomic E-state index is 0.0786. The van der Waals surface area contributed by atoms with Crippen molar-refractivity contribution < 1.29 is 38.1 Å². The molecule has 0 aromatic heterocycles. The molecule has 6 atom stereocenters. The van der Waals surface area contributed by atoms with E-state index < -0.39 is 48.4 Å². The molecule has 1 N–H and O–H groups in total. The van der Waals surface area contributed by atoms with Crippen molar-refractivity contribution in [2.75, 3.05) is 24.3 Å². The Bertz CT molecular complexity index is 1150. The molecule has 9 nitrogen and oxygen atoms in total. The first-order valence-electron chi connectivity index (χ1n) is 11.8. The van der Waals surface area contributed by atoms with Gasteiger partial charge in [-0.1, -0.05) is 31.2 Å². The number of carbonyl (C=O) groups excluding carboxylic acids is 3. The number of carbonyl (C=O) groups is 3. The number of alkyl halides is 1. The number of halogens is 1. The minimum atomic E-state index is -1.14. The van der Waals surface area contributed by atoms with E-state index in [9.17, 15) is 14.4 Å². The van der Waals surface area contributed by atoms with Crippen molar-refractivity contribution in [2.24, 2.45) is 5.92 Å². The highest BCUT2D eigenvalue weighted by Crippen LogP contribution is 2.43. The van der Waals surface area contributed by atoms with Crippen LogP contribution in [0.4, 0.5) is 5.69 Å². The Morgan fingerprint density at radius 1 is 1.03 bits per heavy atom. The van der Waals surface area contributed by atoms with Gasteiger partial charge in [-0.25, -0.2) is 0 Å². The lowest BCUT2D eigenvalue weighted by atomic mass is 9.90. The van der Waals surface area contributed by atoms with E-state index in [4.69, 9.17) is 35.3 Å². The molecule has 2 aromatic carbocycles. The van der Waals surface area contributed by atoms with Crippen molar-refractivity contribution in [3.63, 3.8) is 0 Å². The van der Waals surface area contributed by atoms with Gasteiger partial charge in [0.15, 0.2) is 0 Å². The summed E-state index contributed by atoms with van der Waals surface area (Å²) < 4.78 is 28.9. The van der Waals surface area contributed by atoms with Crippen LogP contribution in [0.2, 0.25) is 0 Å². The third-order valence-corrected chi connectivity index (χ3v) is 6.86. The van der Waals surface area contributed by atoms with Gasteiger partial charge < -0.3 is 29.0 Å². The van der Waals surface area contributed by atoms with Gasteiger partial charge in [-0.15, -0.1) is 11.6 Å². The second-order valence-electron chi connectivity index (χ2n) is 9.08. The lowest BCUT2D eigenvalue weighted by Crippen LogP contribution is -2.59. The zero-order chi connectivity index (χ0) is 26.0. The fraction of sp³-hybridized carbons (Fsp3) is 0.500. The predicted molar refractivity (Wildman–Crippen MR) is 132 cm³/mol. The Morgan fingerprint density at radius 2 is 1.69 bits per heavy atom. The molecule has 2 heterocycles. The summed E-state index contributed by atoms with van der Waals surface area (Å²) in [4.78, 5) is 35.4. The van der Waals surface area contributed by atoms with Gasteiger partial charge in [0, 0.05) is 62.2 Å². The molecule has 1 fully saturated rings. The summed E-state index contributed by atoms with van der Waals surface area (Å²) in [6.45, 7) is 6.24. The number of anilines is 1. The average Bonchev–Trinajstić information content (AvgIpc) is 3.25. The molecule has 4 rings (SSSR count). The predicted octanol–water partition coefficient (Wildman–Crippen LogP) is 3.75. The van der Waals surface area contributed by atoms with Crippen molar-refractivity contribution >= 4 is 46.0 Å². The van der Waals surface area contributed by atoms with Gasteiger partial charge in [0.2, 0.25) is 12.4 Å². The van der Waals surface area contributed by atoms with Crippen molar-refractivity contribution in [3.8, 4) is 5.75 Å². The highest BCUT2D eigenvalue weighted by molar-refractivity contribution is 6.18. The number of ether oxygens (including phenoxy) is 5. The van der Waals surface area contributed by atoms with E-state index in [1.54, 1.807) is 6.92 Å². The largest absolute Gasteiger partial charge is 0.463 e. The molecule has 2 aliphatic rings. The lowest BCUT2D eigenvalue weighted by molar-refractivity contribution is -0.271. The first-order chi connectivity index (χ1) is 17.2. The van der Waals surface area contributed by atoms with E-state index in [2.05, 4.69) is 5.32 Å². The number of esters is 3. The zero-order valence-corrected chi connectivity index (χ0v) is 21.4. The molecule has 2 aliphatic heterocycles. The first-order valence-corrected chi connectivity index (χ1v) is 12.4. The summed E-state index contributed by atoms with van der Waals surface area (Å²) in [6.07, 6.45) is -3.74. The lowest BCUT2D eigenvalue weighted by Gasteiger charge is -2.43. The standard InChI is InChI=1S/C26H30ClNO8/c1-13-22(12-32-14(2)29)36-26(25(34-16(4)31)24(13)33-15(3)30)35-21-9-20-23(17(10-27)11-28-20)19-8-6-5-7-18(19)21/h5-9,13,17,22,24-26,28H,10-12H2,1-4H3/t13-,17+,22?,24-,25+,26+/m0/s1. The Hall–Kier alpha value is -3.04. The van der Waals surface area contributed by atoms with Crippen LogP contribution in [0.5, 0.6) is 5.75 Å². The van der Waals surface area contributed by atoms with Crippen molar-refractivity contribution in [1.82, 2.24) is 0 Å². The van der Waals surface area contributed by atoms with Crippen LogP contribution in [0.1, 0.15) is 39.2 Å². The molecule has 194 valence electrons. The summed E-state index contributed by atoms with van der Waals surface area (Å²) in [5.74, 6) is -0.927. The molecule has 36 heavy (non-hydrogen) atoms. The summed E-state index contributed by atoms with van der Waals surface area (Å²) in [5, 5.41) is 5.20.